The molecule has 0 unspecified atom stereocenters. The zero-order chi connectivity index (χ0) is 6.97. The van der Waals surface area contributed by atoms with E-state index < -0.39 is 0 Å². The number of hydrogen-bond acceptors (Lipinski definition) is 0. The number of fused-ring (bicyclic) bond motifs is 1. The topological polar surface area (TPSA) is 0 Å². The van der Waals surface area contributed by atoms with Crippen LogP contribution in [0.15, 0.2) is 18.2 Å². The minimum absolute atomic E-state index is 0.986. The molecule has 0 saturated heterocycles. The summed E-state index contributed by atoms with van der Waals surface area (Å²) in [5.74, 6) is 0. The van der Waals surface area contributed by atoms with Gasteiger partial charge in [0, 0.05) is 5.33 Å². The summed E-state index contributed by atoms with van der Waals surface area (Å²) in [6.07, 6.45) is 2.58. The Bertz CT molecular complexity index is 253. The highest BCUT2D eigenvalue weighted by molar-refractivity contribution is 9.08. The minimum Gasteiger partial charge on any atom is -0.0876 e. The predicted octanol–water partition coefficient (Wildman–Crippen LogP) is 2.68. The van der Waals surface area contributed by atoms with E-state index >= 15 is 0 Å². The molecule has 0 amide bonds. The summed E-state index contributed by atoms with van der Waals surface area (Å²) >= 11 is 3.44. The summed E-state index contributed by atoms with van der Waals surface area (Å²) in [4.78, 5) is 0. The smallest absolute Gasteiger partial charge is 0.0283 e. The molecule has 1 aliphatic carbocycles. The molecule has 0 aliphatic heterocycles. The van der Waals surface area contributed by atoms with Gasteiger partial charge in [0.25, 0.3) is 0 Å². The molecule has 0 radical (unpaired) electrons. The summed E-state index contributed by atoms with van der Waals surface area (Å²) in [6.45, 7) is 0. The summed E-state index contributed by atoms with van der Waals surface area (Å²) in [5.41, 5.74) is 4.50. The first-order chi connectivity index (χ1) is 4.90. The molecule has 1 aromatic carbocycles. The third-order valence-corrected chi connectivity index (χ3v) is 2.74. The van der Waals surface area contributed by atoms with Crippen molar-refractivity contribution in [3.05, 3.63) is 34.9 Å². The van der Waals surface area contributed by atoms with Gasteiger partial charge in [-0.3, -0.25) is 0 Å². The van der Waals surface area contributed by atoms with E-state index in [1.807, 2.05) is 0 Å². The molecule has 1 aliphatic rings. The number of hydrogen-bond donors (Lipinski definition) is 0. The zero-order valence-electron chi connectivity index (χ0n) is 5.73. The molecule has 0 nitrogen and oxygen atoms in total. The Hall–Kier alpha value is -0.300. The second kappa shape index (κ2) is 2.39. The summed E-state index contributed by atoms with van der Waals surface area (Å²) in [5, 5.41) is 0.986. The van der Waals surface area contributed by atoms with Crippen LogP contribution in [-0.4, -0.2) is 0 Å². The Balaban J connectivity index is 2.42. The molecule has 0 heterocycles. The van der Waals surface area contributed by atoms with Gasteiger partial charge in [-0.05, 0) is 29.5 Å². The lowest BCUT2D eigenvalue weighted by Crippen LogP contribution is -2.07. The van der Waals surface area contributed by atoms with Crippen molar-refractivity contribution < 1.29 is 0 Å². The molecule has 10 heavy (non-hydrogen) atoms. The molecule has 0 N–H and O–H groups in total. The van der Waals surface area contributed by atoms with E-state index in [1.54, 1.807) is 11.1 Å². The van der Waals surface area contributed by atoms with E-state index in [0.29, 0.717) is 0 Å². The molecule has 52 valence electrons. The maximum atomic E-state index is 3.44. The van der Waals surface area contributed by atoms with Crippen LogP contribution >= 0.6 is 15.9 Å². The van der Waals surface area contributed by atoms with Gasteiger partial charge >= 0.3 is 0 Å². The molecular weight excluding hydrogens is 188 g/mol. The van der Waals surface area contributed by atoms with Gasteiger partial charge in [0.15, 0.2) is 0 Å². The highest BCUT2D eigenvalue weighted by Crippen LogP contribution is 2.24. The summed E-state index contributed by atoms with van der Waals surface area (Å²) in [6, 6.07) is 6.75. The van der Waals surface area contributed by atoms with Crippen LogP contribution in [0.1, 0.15) is 16.7 Å². The predicted molar refractivity (Wildman–Crippen MR) is 46.5 cm³/mol. The van der Waals surface area contributed by atoms with Crippen LogP contribution in [0.3, 0.4) is 0 Å². The highest BCUT2D eigenvalue weighted by Gasteiger charge is 2.11. The van der Waals surface area contributed by atoms with Crippen molar-refractivity contribution in [3.8, 4) is 0 Å². The average molecular weight is 197 g/mol. The Labute approximate surface area is 69.4 Å². The van der Waals surface area contributed by atoms with Crippen LogP contribution in [0.25, 0.3) is 0 Å². The van der Waals surface area contributed by atoms with E-state index in [-0.39, 0.29) is 0 Å². The van der Waals surface area contributed by atoms with Crippen LogP contribution in [0.4, 0.5) is 0 Å². The van der Waals surface area contributed by atoms with Gasteiger partial charge in [-0.25, -0.2) is 0 Å². The lowest BCUT2D eigenvalue weighted by Gasteiger charge is -2.18. The van der Waals surface area contributed by atoms with Gasteiger partial charge < -0.3 is 0 Å². The van der Waals surface area contributed by atoms with Crippen molar-refractivity contribution in [3.63, 3.8) is 0 Å². The number of alkyl halides is 1. The summed E-state index contributed by atoms with van der Waals surface area (Å²) in [7, 11) is 0. The zero-order valence-corrected chi connectivity index (χ0v) is 7.32. The van der Waals surface area contributed by atoms with Crippen LogP contribution in [0.5, 0.6) is 0 Å². The second-order valence-electron chi connectivity index (χ2n) is 2.74. The first kappa shape index (κ1) is 6.41. The van der Waals surface area contributed by atoms with Crippen LogP contribution in [-0.2, 0) is 18.2 Å². The second-order valence-corrected chi connectivity index (χ2v) is 3.30. The SMILES string of the molecule is BrCc1ccc2c(c1)CC2. The molecule has 0 atom stereocenters. The van der Waals surface area contributed by atoms with Crippen molar-refractivity contribution in [2.75, 3.05) is 0 Å². The molecule has 1 heteroatoms. The third kappa shape index (κ3) is 0.891. The third-order valence-electron chi connectivity index (χ3n) is 2.09. The van der Waals surface area contributed by atoms with Gasteiger partial charge in [0.1, 0.15) is 0 Å². The fraction of sp³-hybridized carbons (Fsp3) is 0.333. The maximum absolute atomic E-state index is 3.44. The first-order valence-corrected chi connectivity index (χ1v) is 4.69. The Kier molecular flexibility index (Phi) is 1.53. The van der Waals surface area contributed by atoms with Crippen molar-refractivity contribution >= 4 is 15.9 Å². The van der Waals surface area contributed by atoms with E-state index in [2.05, 4.69) is 34.1 Å². The largest absolute Gasteiger partial charge is 0.0876 e. The molecule has 0 fully saturated rings. The Morgan fingerprint density at radius 3 is 2.50 bits per heavy atom. The van der Waals surface area contributed by atoms with E-state index in [4.69, 9.17) is 0 Å². The fourth-order valence-corrected chi connectivity index (χ4v) is 1.68. The monoisotopic (exact) mass is 196 g/mol. The molecule has 0 spiro atoms. The number of aryl methyl sites for hydroxylation is 2. The van der Waals surface area contributed by atoms with Gasteiger partial charge in [0.05, 0.1) is 0 Å². The van der Waals surface area contributed by atoms with Crippen LogP contribution < -0.4 is 0 Å². The number of benzene rings is 1. The molecule has 0 bridgehead atoms. The van der Waals surface area contributed by atoms with Gasteiger partial charge in [-0.15, -0.1) is 0 Å². The number of halogens is 1. The minimum atomic E-state index is 0.986. The standard InChI is InChI=1S/C9H9Br/c10-6-7-1-2-8-3-4-9(8)5-7/h1-2,5H,3-4,6H2. The van der Waals surface area contributed by atoms with E-state index in [0.717, 1.165) is 5.33 Å². The lowest BCUT2D eigenvalue weighted by atomic mass is 9.88. The highest BCUT2D eigenvalue weighted by atomic mass is 79.9. The summed E-state index contributed by atoms with van der Waals surface area (Å²) < 4.78 is 0. The van der Waals surface area contributed by atoms with Gasteiger partial charge in [-0.2, -0.15) is 0 Å². The van der Waals surface area contributed by atoms with Crippen molar-refractivity contribution in [2.24, 2.45) is 0 Å². The molecule has 2 rings (SSSR count). The molecule has 0 saturated carbocycles. The lowest BCUT2D eigenvalue weighted by molar-refractivity contribution is 0.836. The van der Waals surface area contributed by atoms with Crippen molar-refractivity contribution in [1.82, 2.24) is 0 Å². The Morgan fingerprint density at radius 1 is 1.20 bits per heavy atom. The molecular formula is C9H9Br. The van der Waals surface area contributed by atoms with Gasteiger partial charge in [0.2, 0.25) is 0 Å². The van der Waals surface area contributed by atoms with Crippen molar-refractivity contribution in [2.45, 2.75) is 18.2 Å². The van der Waals surface area contributed by atoms with Gasteiger partial charge in [-0.1, -0.05) is 34.1 Å². The normalized spacial score (nSPS) is 14.1. The molecule has 1 aromatic rings. The van der Waals surface area contributed by atoms with Crippen LogP contribution in [0, 0.1) is 0 Å². The maximum Gasteiger partial charge on any atom is 0.0283 e. The first-order valence-electron chi connectivity index (χ1n) is 3.57. The van der Waals surface area contributed by atoms with E-state index in [9.17, 15) is 0 Å². The quantitative estimate of drug-likeness (QED) is 0.607. The van der Waals surface area contributed by atoms with E-state index in [1.165, 1.54) is 18.4 Å². The number of rotatable bonds is 1. The van der Waals surface area contributed by atoms with Crippen LogP contribution in [0.2, 0.25) is 0 Å². The average Bonchev–Trinajstić information content (AvgIpc) is 1.92. The molecule has 0 aromatic heterocycles. The fourth-order valence-electron chi connectivity index (χ4n) is 1.33. The Morgan fingerprint density at radius 2 is 2.00 bits per heavy atom. The van der Waals surface area contributed by atoms with Crippen molar-refractivity contribution in [1.29, 1.82) is 0 Å².